The van der Waals surface area contributed by atoms with E-state index in [0.717, 1.165) is 25.7 Å². The summed E-state index contributed by atoms with van der Waals surface area (Å²) in [5.74, 6) is 0. The third kappa shape index (κ3) is 1.36. The molecule has 1 fully saturated rings. The van der Waals surface area contributed by atoms with Crippen molar-refractivity contribution in [2.75, 3.05) is 20.3 Å². The van der Waals surface area contributed by atoms with Crippen LogP contribution in [0.15, 0.2) is 0 Å². The van der Waals surface area contributed by atoms with Gasteiger partial charge in [-0.05, 0) is 12.8 Å². The van der Waals surface area contributed by atoms with Crippen LogP contribution in [0.1, 0.15) is 12.8 Å². The van der Waals surface area contributed by atoms with E-state index < -0.39 is 5.60 Å². The van der Waals surface area contributed by atoms with Gasteiger partial charge in [0, 0.05) is 13.7 Å². The summed E-state index contributed by atoms with van der Waals surface area (Å²) in [4.78, 5) is 10.5. The van der Waals surface area contributed by atoms with Crippen LogP contribution in [0.5, 0.6) is 0 Å². The molecule has 0 aromatic rings. The average Bonchev–Trinajstić information content (AvgIpc) is 2.06. The van der Waals surface area contributed by atoms with Crippen molar-refractivity contribution in [1.82, 2.24) is 0 Å². The van der Waals surface area contributed by atoms with Crippen molar-refractivity contribution >= 4 is 6.29 Å². The zero-order chi connectivity index (χ0) is 7.45. The maximum Gasteiger partial charge on any atom is 0.154 e. The fraction of sp³-hybridized carbons (Fsp3) is 0.857. The molecule has 0 saturated carbocycles. The molecule has 1 saturated heterocycles. The molecule has 3 heteroatoms. The molecule has 1 aliphatic heterocycles. The standard InChI is InChI=1S/C7H12O3/c1-9-7(5-8)3-2-4-10-6-7/h5H,2-4,6H2,1H3. The minimum absolute atomic E-state index is 0.410. The Hall–Kier alpha value is -0.410. The number of aldehydes is 1. The van der Waals surface area contributed by atoms with Gasteiger partial charge in [-0.2, -0.15) is 0 Å². The topological polar surface area (TPSA) is 35.5 Å². The van der Waals surface area contributed by atoms with Gasteiger partial charge in [-0.3, -0.25) is 0 Å². The summed E-state index contributed by atoms with van der Waals surface area (Å²) in [6.07, 6.45) is 2.53. The number of carbonyl (C=O) groups is 1. The Bertz CT molecular complexity index is 116. The summed E-state index contributed by atoms with van der Waals surface area (Å²) in [5.41, 5.74) is -0.641. The second-order valence-corrected chi connectivity index (χ2v) is 2.54. The van der Waals surface area contributed by atoms with Gasteiger partial charge in [-0.15, -0.1) is 0 Å². The SMILES string of the molecule is COC1(C=O)CCCOC1. The summed E-state index contributed by atoms with van der Waals surface area (Å²) in [5, 5.41) is 0. The molecule has 0 bridgehead atoms. The Labute approximate surface area is 60.3 Å². The zero-order valence-electron chi connectivity index (χ0n) is 6.13. The number of carbonyl (C=O) groups excluding carboxylic acids is 1. The molecule has 0 N–H and O–H groups in total. The first-order chi connectivity index (χ1) is 4.83. The largest absolute Gasteiger partial charge is 0.378 e. The molecule has 1 atom stereocenters. The number of hydrogen-bond acceptors (Lipinski definition) is 3. The molecule has 1 unspecified atom stereocenters. The lowest BCUT2D eigenvalue weighted by atomic mass is 9.99. The van der Waals surface area contributed by atoms with Crippen LogP contribution < -0.4 is 0 Å². The first-order valence-electron chi connectivity index (χ1n) is 3.42. The normalized spacial score (nSPS) is 33.7. The van der Waals surface area contributed by atoms with Crippen LogP contribution in [0, 0.1) is 0 Å². The highest BCUT2D eigenvalue weighted by Gasteiger charge is 2.31. The molecule has 0 radical (unpaired) electrons. The zero-order valence-corrected chi connectivity index (χ0v) is 6.13. The number of ether oxygens (including phenoxy) is 2. The summed E-state index contributed by atoms with van der Waals surface area (Å²) in [7, 11) is 1.54. The van der Waals surface area contributed by atoms with E-state index in [-0.39, 0.29) is 0 Å². The molecular formula is C7H12O3. The van der Waals surface area contributed by atoms with Gasteiger partial charge in [0.2, 0.25) is 0 Å². The minimum atomic E-state index is -0.641. The van der Waals surface area contributed by atoms with Gasteiger partial charge in [0.05, 0.1) is 6.61 Å². The van der Waals surface area contributed by atoms with Crippen LogP contribution in [0.25, 0.3) is 0 Å². The van der Waals surface area contributed by atoms with Crippen LogP contribution >= 0.6 is 0 Å². The highest BCUT2D eigenvalue weighted by Crippen LogP contribution is 2.19. The number of rotatable bonds is 2. The van der Waals surface area contributed by atoms with E-state index in [2.05, 4.69) is 0 Å². The fourth-order valence-electron chi connectivity index (χ4n) is 1.09. The van der Waals surface area contributed by atoms with Crippen LogP contribution in [0.3, 0.4) is 0 Å². The Morgan fingerprint density at radius 3 is 2.80 bits per heavy atom. The first-order valence-corrected chi connectivity index (χ1v) is 3.42. The van der Waals surface area contributed by atoms with E-state index >= 15 is 0 Å². The van der Waals surface area contributed by atoms with Crippen molar-refractivity contribution in [2.24, 2.45) is 0 Å². The van der Waals surface area contributed by atoms with Crippen molar-refractivity contribution in [3.63, 3.8) is 0 Å². The quantitative estimate of drug-likeness (QED) is 0.525. The van der Waals surface area contributed by atoms with Crippen molar-refractivity contribution in [3.8, 4) is 0 Å². The van der Waals surface area contributed by atoms with E-state index in [9.17, 15) is 4.79 Å². The molecule has 0 aromatic heterocycles. The predicted octanol–water partition coefficient (Wildman–Crippen LogP) is 0.381. The van der Waals surface area contributed by atoms with Gasteiger partial charge in [-0.25, -0.2) is 0 Å². The molecule has 10 heavy (non-hydrogen) atoms. The third-order valence-corrected chi connectivity index (χ3v) is 1.86. The molecule has 1 rings (SSSR count). The molecule has 0 aliphatic carbocycles. The van der Waals surface area contributed by atoms with Crippen molar-refractivity contribution < 1.29 is 14.3 Å². The van der Waals surface area contributed by atoms with Crippen LogP contribution in [0.2, 0.25) is 0 Å². The Balaban J connectivity index is 2.52. The second-order valence-electron chi connectivity index (χ2n) is 2.54. The summed E-state index contributed by atoms with van der Waals surface area (Å²) < 4.78 is 10.1. The third-order valence-electron chi connectivity index (χ3n) is 1.86. The van der Waals surface area contributed by atoms with Crippen LogP contribution in [-0.2, 0) is 14.3 Å². The van der Waals surface area contributed by atoms with Gasteiger partial charge >= 0.3 is 0 Å². The van der Waals surface area contributed by atoms with Gasteiger partial charge in [0.25, 0.3) is 0 Å². The summed E-state index contributed by atoms with van der Waals surface area (Å²) >= 11 is 0. The van der Waals surface area contributed by atoms with Gasteiger partial charge in [-0.1, -0.05) is 0 Å². The predicted molar refractivity (Wildman–Crippen MR) is 35.9 cm³/mol. The summed E-state index contributed by atoms with van der Waals surface area (Å²) in [6.45, 7) is 1.16. The highest BCUT2D eigenvalue weighted by molar-refractivity contribution is 5.62. The fourth-order valence-corrected chi connectivity index (χ4v) is 1.09. The lowest BCUT2D eigenvalue weighted by molar-refractivity contribution is -0.144. The van der Waals surface area contributed by atoms with Crippen molar-refractivity contribution in [1.29, 1.82) is 0 Å². The van der Waals surface area contributed by atoms with Gasteiger partial charge < -0.3 is 14.3 Å². The number of hydrogen-bond donors (Lipinski definition) is 0. The van der Waals surface area contributed by atoms with E-state index in [0.29, 0.717) is 6.61 Å². The lowest BCUT2D eigenvalue weighted by Gasteiger charge is -2.29. The summed E-state index contributed by atoms with van der Waals surface area (Å²) in [6, 6.07) is 0. The molecular weight excluding hydrogens is 132 g/mol. The van der Waals surface area contributed by atoms with E-state index in [4.69, 9.17) is 9.47 Å². The second kappa shape index (κ2) is 3.12. The maximum absolute atomic E-state index is 10.5. The monoisotopic (exact) mass is 144 g/mol. The van der Waals surface area contributed by atoms with Gasteiger partial charge in [0.15, 0.2) is 6.29 Å². The lowest BCUT2D eigenvalue weighted by Crippen LogP contribution is -2.42. The van der Waals surface area contributed by atoms with Crippen molar-refractivity contribution in [3.05, 3.63) is 0 Å². The van der Waals surface area contributed by atoms with E-state index in [1.807, 2.05) is 0 Å². The van der Waals surface area contributed by atoms with E-state index in [1.165, 1.54) is 0 Å². The Kier molecular flexibility index (Phi) is 2.40. The van der Waals surface area contributed by atoms with E-state index in [1.54, 1.807) is 7.11 Å². The molecule has 3 nitrogen and oxygen atoms in total. The molecule has 0 spiro atoms. The maximum atomic E-state index is 10.5. The van der Waals surface area contributed by atoms with Crippen molar-refractivity contribution in [2.45, 2.75) is 18.4 Å². The minimum Gasteiger partial charge on any atom is -0.378 e. The van der Waals surface area contributed by atoms with Crippen LogP contribution in [-0.4, -0.2) is 32.2 Å². The molecule has 1 aliphatic rings. The van der Waals surface area contributed by atoms with Gasteiger partial charge in [0.1, 0.15) is 5.60 Å². The molecule has 0 amide bonds. The number of methoxy groups -OCH3 is 1. The first kappa shape index (κ1) is 7.69. The smallest absolute Gasteiger partial charge is 0.154 e. The molecule has 0 aromatic carbocycles. The molecule has 1 heterocycles. The molecule has 58 valence electrons. The average molecular weight is 144 g/mol. The Morgan fingerprint density at radius 2 is 2.50 bits per heavy atom. The van der Waals surface area contributed by atoms with Crippen LogP contribution in [0.4, 0.5) is 0 Å². The Morgan fingerprint density at radius 1 is 1.70 bits per heavy atom. The highest BCUT2D eigenvalue weighted by atomic mass is 16.5.